The third-order valence-corrected chi connectivity index (χ3v) is 4.97. The molecule has 1 aliphatic rings. The third kappa shape index (κ3) is 4.10. The highest BCUT2D eigenvalue weighted by Crippen LogP contribution is 2.25. The van der Waals surface area contributed by atoms with Gasteiger partial charge in [0.1, 0.15) is 35.5 Å². The van der Waals surface area contributed by atoms with E-state index in [1.54, 1.807) is 4.68 Å². The highest BCUT2D eigenvalue weighted by molar-refractivity contribution is 5.89. The molecule has 9 heteroatoms. The number of benzene rings is 2. The van der Waals surface area contributed by atoms with Gasteiger partial charge in [-0.3, -0.25) is 4.68 Å². The van der Waals surface area contributed by atoms with Gasteiger partial charge in [0.2, 0.25) is 0 Å². The number of aryl methyl sites for hydroxylation is 1. The maximum Gasteiger partial charge on any atom is 0.322 e. The zero-order valence-corrected chi connectivity index (χ0v) is 16.2. The summed E-state index contributed by atoms with van der Waals surface area (Å²) in [5.74, 6) is -1.39. The van der Waals surface area contributed by atoms with Gasteiger partial charge in [-0.2, -0.15) is 5.10 Å². The van der Waals surface area contributed by atoms with Crippen molar-refractivity contribution in [2.24, 2.45) is 7.05 Å². The Morgan fingerprint density at radius 2 is 1.87 bits per heavy atom. The van der Waals surface area contributed by atoms with Crippen molar-refractivity contribution in [1.82, 2.24) is 14.7 Å². The summed E-state index contributed by atoms with van der Waals surface area (Å²) in [5, 5.41) is 6.96. The molecule has 30 heavy (non-hydrogen) atoms. The fourth-order valence-corrected chi connectivity index (χ4v) is 3.43. The molecule has 156 valence electrons. The van der Waals surface area contributed by atoms with Crippen molar-refractivity contribution in [1.29, 1.82) is 0 Å². The number of anilines is 1. The van der Waals surface area contributed by atoms with Gasteiger partial charge in [-0.15, -0.1) is 0 Å². The Kier molecular flexibility index (Phi) is 5.35. The number of nitrogens with one attached hydrogen (secondary N) is 1. The lowest BCUT2D eigenvalue weighted by molar-refractivity contribution is 0.205. The van der Waals surface area contributed by atoms with Gasteiger partial charge >= 0.3 is 6.03 Å². The summed E-state index contributed by atoms with van der Waals surface area (Å²) in [5.41, 5.74) is 2.44. The van der Waals surface area contributed by atoms with E-state index in [1.807, 2.05) is 7.05 Å². The predicted octanol–water partition coefficient (Wildman–Crippen LogP) is 4.01. The Labute approximate surface area is 170 Å². The summed E-state index contributed by atoms with van der Waals surface area (Å²) in [7, 11) is 1.82. The molecule has 2 heterocycles. The number of amides is 2. The van der Waals surface area contributed by atoms with Gasteiger partial charge in [0, 0.05) is 37.3 Å². The van der Waals surface area contributed by atoms with E-state index in [0.717, 1.165) is 23.4 Å². The summed E-state index contributed by atoms with van der Waals surface area (Å²) in [6.45, 7) is 0.871. The van der Waals surface area contributed by atoms with Crippen molar-refractivity contribution in [2.45, 2.75) is 19.6 Å². The van der Waals surface area contributed by atoms with Crippen LogP contribution in [0.25, 0.3) is 0 Å². The van der Waals surface area contributed by atoms with E-state index in [0.29, 0.717) is 24.4 Å². The van der Waals surface area contributed by atoms with Crippen LogP contribution in [0.15, 0.2) is 42.5 Å². The van der Waals surface area contributed by atoms with Crippen molar-refractivity contribution in [3.63, 3.8) is 0 Å². The lowest BCUT2D eigenvalue weighted by atomic mass is 10.1. The number of aromatic nitrogens is 2. The Bertz CT molecular complexity index is 1080. The van der Waals surface area contributed by atoms with Gasteiger partial charge in [0.05, 0.1) is 12.2 Å². The zero-order chi connectivity index (χ0) is 21.3. The van der Waals surface area contributed by atoms with Gasteiger partial charge in [-0.05, 0) is 36.4 Å². The second kappa shape index (κ2) is 8.10. The number of ether oxygens (including phenoxy) is 1. The Hall–Kier alpha value is -3.49. The average Bonchev–Trinajstić information content (AvgIpc) is 3.05. The molecule has 2 amide bonds. The van der Waals surface area contributed by atoms with Crippen LogP contribution < -0.4 is 10.1 Å². The summed E-state index contributed by atoms with van der Waals surface area (Å²) < 4.78 is 47.4. The van der Waals surface area contributed by atoms with E-state index in [-0.39, 0.29) is 24.7 Å². The first kappa shape index (κ1) is 19.8. The molecule has 3 aromatic rings. The summed E-state index contributed by atoms with van der Waals surface area (Å²) in [6.07, 6.45) is 0.578. The molecule has 0 radical (unpaired) electrons. The van der Waals surface area contributed by atoms with Gasteiger partial charge in [0.25, 0.3) is 0 Å². The normalized spacial score (nSPS) is 13.1. The Morgan fingerprint density at radius 1 is 1.13 bits per heavy atom. The highest BCUT2D eigenvalue weighted by atomic mass is 19.1. The molecule has 2 aromatic carbocycles. The standard InChI is InChI=1S/C21H19F3N4O2/c1-27-20-8-9-28(21(29)25-18-7-4-14(23)10-17(18)24)11-16(20)19(26-27)12-30-15-5-2-13(22)3-6-15/h2-7,10H,8-9,11-12H2,1H3,(H,25,29). The molecule has 0 atom stereocenters. The van der Waals surface area contributed by atoms with Crippen LogP contribution in [0.3, 0.4) is 0 Å². The quantitative estimate of drug-likeness (QED) is 0.699. The minimum absolute atomic E-state index is 0.0850. The molecular formula is C21H19F3N4O2. The first-order valence-corrected chi connectivity index (χ1v) is 9.33. The lowest BCUT2D eigenvalue weighted by Crippen LogP contribution is -2.39. The molecule has 0 bridgehead atoms. The van der Waals surface area contributed by atoms with Crippen LogP contribution >= 0.6 is 0 Å². The van der Waals surface area contributed by atoms with Crippen LogP contribution in [0.4, 0.5) is 23.7 Å². The second-order valence-electron chi connectivity index (χ2n) is 6.96. The molecule has 6 nitrogen and oxygen atoms in total. The zero-order valence-electron chi connectivity index (χ0n) is 16.2. The molecule has 1 N–H and O–H groups in total. The molecule has 0 unspecified atom stereocenters. The number of urea groups is 1. The van der Waals surface area contributed by atoms with E-state index in [4.69, 9.17) is 4.74 Å². The maximum absolute atomic E-state index is 13.8. The smallest absolute Gasteiger partial charge is 0.322 e. The molecule has 0 saturated heterocycles. The number of hydrogen-bond donors (Lipinski definition) is 1. The van der Waals surface area contributed by atoms with Crippen molar-refractivity contribution in [2.75, 3.05) is 11.9 Å². The van der Waals surface area contributed by atoms with E-state index in [1.165, 1.54) is 35.2 Å². The van der Waals surface area contributed by atoms with Crippen molar-refractivity contribution >= 4 is 11.7 Å². The molecule has 0 fully saturated rings. The Morgan fingerprint density at radius 3 is 2.60 bits per heavy atom. The van der Waals surface area contributed by atoms with Crippen molar-refractivity contribution < 1.29 is 22.7 Å². The first-order chi connectivity index (χ1) is 14.4. The monoisotopic (exact) mass is 416 g/mol. The fraction of sp³-hybridized carbons (Fsp3) is 0.238. The van der Waals surface area contributed by atoms with Crippen LogP contribution in [0.5, 0.6) is 5.75 Å². The molecule has 0 saturated carbocycles. The highest BCUT2D eigenvalue weighted by Gasteiger charge is 2.27. The Balaban J connectivity index is 1.47. The first-order valence-electron chi connectivity index (χ1n) is 9.33. The summed E-state index contributed by atoms with van der Waals surface area (Å²) >= 11 is 0. The molecule has 4 rings (SSSR count). The van der Waals surface area contributed by atoms with E-state index in [2.05, 4.69) is 10.4 Å². The average molecular weight is 416 g/mol. The number of halogens is 3. The summed E-state index contributed by atoms with van der Waals surface area (Å²) in [6, 6.07) is 8.18. The second-order valence-corrected chi connectivity index (χ2v) is 6.96. The van der Waals surface area contributed by atoms with Crippen LogP contribution in [-0.4, -0.2) is 27.3 Å². The van der Waals surface area contributed by atoms with Crippen molar-refractivity contribution in [3.8, 4) is 5.75 Å². The SMILES string of the molecule is Cn1nc(COc2ccc(F)cc2)c2c1CCN(C(=O)Nc1ccc(F)cc1F)C2. The van der Waals surface area contributed by atoms with Crippen LogP contribution in [0.1, 0.15) is 17.0 Å². The maximum atomic E-state index is 13.8. The number of rotatable bonds is 4. The largest absolute Gasteiger partial charge is 0.487 e. The lowest BCUT2D eigenvalue weighted by Gasteiger charge is -2.28. The molecule has 1 aromatic heterocycles. The number of carbonyl (C=O) groups excluding carboxylic acids is 1. The third-order valence-electron chi connectivity index (χ3n) is 4.97. The molecule has 0 spiro atoms. The number of fused-ring (bicyclic) bond motifs is 1. The summed E-state index contributed by atoms with van der Waals surface area (Å²) in [4.78, 5) is 14.1. The van der Waals surface area contributed by atoms with Gasteiger partial charge < -0.3 is 15.0 Å². The molecule has 1 aliphatic heterocycles. The van der Waals surface area contributed by atoms with E-state index in [9.17, 15) is 18.0 Å². The van der Waals surface area contributed by atoms with Crippen molar-refractivity contribution in [3.05, 3.63) is 76.9 Å². The minimum atomic E-state index is -0.837. The fourth-order valence-electron chi connectivity index (χ4n) is 3.43. The van der Waals surface area contributed by atoms with Crippen LogP contribution in [-0.2, 0) is 26.6 Å². The molecule has 0 aliphatic carbocycles. The topological polar surface area (TPSA) is 59.4 Å². The van der Waals surface area contributed by atoms with Crippen LogP contribution in [0, 0.1) is 17.5 Å². The number of nitrogens with zero attached hydrogens (tertiary/aromatic N) is 3. The minimum Gasteiger partial charge on any atom is -0.487 e. The van der Waals surface area contributed by atoms with Crippen LogP contribution in [0.2, 0.25) is 0 Å². The van der Waals surface area contributed by atoms with E-state index < -0.39 is 17.7 Å². The van der Waals surface area contributed by atoms with Gasteiger partial charge in [0.15, 0.2) is 0 Å². The van der Waals surface area contributed by atoms with Gasteiger partial charge in [-0.1, -0.05) is 0 Å². The van der Waals surface area contributed by atoms with E-state index >= 15 is 0 Å². The number of hydrogen-bond acceptors (Lipinski definition) is 3. The van der Waals surface area contributed by atoms with Gasteiger partial charge in [-0.25, -0.2) is 18.0 Å². The number of carbonyl (C=O) groups is 1. The predicted molar refractivity (Wildman–Crippen MR) is 103 cm³/mol. The molecular weight excluding hydrogens is 397 g/mol.